The fraction of sp³-hybridized carbons (Fsp3) is 0.900. The molecule has 0 atom stereocenters. The molecule has 1 N–H and O–H groups in total. The summed E-state index contributed by atoms with van der Waals surface area (Å²) in [6, 6.07) is 0. The average Bonchev–Trinajstić information content (AvgIpc) is 2.55. The first-order chi connectivity index (χ1) is 11.9. The minimum Gasteiger partial charge on any atom is -0.377 e. The summed E-state index contributed by atoms with van der Waals surface area (Å²) in [4.78, 5) is 23.1. The standard InChI is InChI=1S/C20H39NO4/c1-17(2)19(22)11-9-7-5-6-8-10-12-20(23)21-13-14-24-15-16-25-18(3)4/h17-18H,5-16H2,1-4H3,(H,21,23). The van der Waals surface area contributed by atoms with Gasteiger partial charge in [-0.1, -0.05) is 39.5 Å². The van der Waals surface area contributed by atoms with E-state index in [-0.39, 0.29) is 17.9 Å². The molecular weight excluding hydrogens is 318 g/mol. The molecule has 0 aliphatic rings. The van der Waals surface area contributed by atoms with Gasteiger partial charge in [0.05, 0.1) is 25.9 Å². The Morgan fingerprint density at radius 3 is 2.00 bits per heavy atom. The van der Waals surface area contributed by atoms with Gasteiger partial charge in [-0.3, -0.25) is 9.59 Å². The monoisotopic (exact) mass is 357 g/mol. The molecule has 0 saturated heterocycles. The fourth-order valence-corrected chi connectivity index (χ4v) is 2.38. The lowest BCUT2D eigenvalue weighted by Crippen LogP contribution is -2.27. The maximum Gasteiger partial charge on any atom is 0.220 e. The molecule has 0 spiro atoms. The number of carbonyl (C=O) groups excluding carboxylic acids is 2. The SMILES string of the molecule is CC(C)OCCOCCNC(=O)CCCCCCCCC(=O)C(C)C. The number of ether oxygens (including phenoxy) is 2. The van der Waals surface area contributed by atoms with Crippen LogP contribution in [0.5, 0.6) is 0 Å². The Hall–Kier alpha value is -0.940. The summed E-state index contributed by atoms with van der Waals surface area (Å²) < 4.78 is 10.7. The van der Waals surface area contributed by atoms with E-state index in [1.54, 1.807) is 0 Å². The first-order valence-electron chi connectivity index (χ1n) is 9.92. The lowest BCUT2D eigenvalue weighted by atomic mass is 10.0. The van der Waals surface area contributed by atoms with E-state index in [1.807, 2.05) is 27.7 Å². The molecule has 5 nitrogen and oxygen atoms in total. The first kappa shape index (κ1) is 24.1. The number of nitrogens with one attached hydrogen (secondary N) is 1. The van der Waals surface area contributed by atoms with Gasteiger partial charge in [0.25, 0.3) is 0 Å². The molecule has 0 aromatic heterocycles. The van der Waals surface area contributed by atoms with E-state index in [4.69, 9.17) is 9.47 Å². The normalized spacial score (nSPS) is 11.3. The first-order valence-corrected chi connectivity index (χ1v) is 9.92. The van der Waals surface area contributed by atoms with E-state index in [1.165, 1.54) is 0 Å². The summed E-state index contributed by atoms with van der Waals surface area (Å²) in [7, 11) is 0. The van der Waals surface area contributed by atoms with E-state index >= 15 is 0 Å². The molecule has 0 radical (unpaired) electrons. The minimum absolute atomic E-state index is 0.101. The molecule has 0 saturated carbocycles. The van der Waals surface area contributed by atoms with Crippen LogP contribution in [0.1, 0.15) is 79.1 Å². The highest BCUT2D eigenvalue weighted by Crippen LogP contribution is 2.10. The van der Waals surface area contributed by atoms with E-state index in [0.717, 1.165) is 38.5 Å². The Kier molecular flexibility index (Phi) is 15.9. The zero-order valence-electron chi connectivity index (χ0n) is 16.8. The Labute approximate surface area is 154 Å². The third kappa shape index (κ3) is 17.7. The summed E-state index contributed by atoms with van der Waals surface area (Å²) in [5, 5.41) is 2.87. The van der Waals surface area contributed by atoms with Gasteiger partial charge in [-0.15, -0.1) is 0 Å². The van der Waals surface area contributed by atoms with Crippen LogP contribution in [-0.2, 0) is 19.1 Å². The molecule has 0 heterocycles. The van der Waals surface area contributed by atoms with Crippen molar-refractivity contribution in [3.05, 3.63) is 0 Å². The number of unbranched alkanes of at least 4 members (excludes halogenated alkanes) is 5. The van der Waals surface area contributed by atoms with Crippen molar-refractivity contribution >= 4 is 11.7 Å². The quantitative estimate of drug-likeness (QED) is 0.401. The maximum absolute atomic E-state index is 11.7. The third-order valence-corrected chi connectivity index (χ3v) is 3.97. The summed E-state index contributed by atoms with van der Waals surface area (Å²) in [6.07, 6.45) is 7.94. The van der Waals surface area contributed by atoms with Gasteiger partial charge in [0, 0.05) is 25.3 Å². The number of hydrogen-bond acceptors (Lipinski definition) is 4. The van der Waals surface area contributed by atoms with Crippen LogP contribution in [-0.4, -0.2) is 44.2 Å². The second kappa shape index (κ2) is 16.5. The van der Waals surface area contributed by atoms with Gasteiger partial charge in [-0.2, -0.15) is 0 Å². The second-order valence-corrected chi connectivity index (χ2v) is 7.12. The molecule has 0 aromatic rings. The van der Waals surface area contributed by atoms with Crippen molar-refractivity contribution in [2.45, 2.75) is 85.2 Å². The molecule has 1 amide bonds. The maximum atomic E-state index is 11.7. The fourth-order valence-electron chi connectivity index (χ4n) is 2.38. The predicted octanol–water partition coefficient (Wildman–Crippen LogP) is 3.89. The third-order valence-electron chi connectivity index (χ3n) is 3.97. The zero-order valence-corrected chi connectivity index (χ0v) is 16.8. The lowest BCUT2D eigenvalue weighted by Gasteiger charge is -2.09. The van der Waals surface area contributed by atoms with Crippen LogP contribution in [0.25, 0.3) is 0 Å². The molecule has 0 aliphatic heterocycles. The van der Waals surface area contributed by atoms with E-state index in [0.29, 0.717) is 45.0 Å². The minimum atomic E-state index is 0.101. The van der Waals surface area contributed by atoms with Gasteiger partial charge in [0.15, 0.2) is 0 Å². The topological polar surface area (TPSA) is 64.6 Å². The molecule has 0 aromatic carbocycles. The lowest BCUT2D eigenvalue weighted by molar-refractivity contribution is -0.122. The molecule has 25 heavy (non-hydrogen) atoms. The van der Waals surface area contributed by atoms with Gasteiger partial charge in [0.2, 0.25) is 5.91 Å². The average molecular weight is 358 g/mol. The van der Waals surface area contributed by atoms with Crippen LogP contribution >= 0.6 is 0 Å². The van der Waals surface area contributed by atoms with Crippen molar-refractivity contribution in [1.82, 2.24) is 5.32 Å². The zero-order chi connectivity index (χ0) is 18.9. The molecular formula is C20H39NO4. The molecule has 0 unspecified atom stereocenters. The van der Waals surface area contributed by atoms with Crippen molar-refractivity contribution < 1.29 is 19.1 Å². The molecule has 0 aliphatic carbocycles. The van der Waals surface area contributed by atoms with Crippen LogP contribution in [0.15, 0.2) is 0 Å². The summed E-state index contributed by atoms with van der Waals surface area (Å²) in [5.74, 6) is 0.634. The van der Waals surface area contributed by atoms with Crippen LogP contribution in [0, 0.1) is 5.92 Å². The Morgan fingerprint density at radius 1 is 0.800 bits per heavy atom. The van der Waals surface area contributed by atoms with Crippen molar-refractivity contribution in [2.24, 2.45) is 5.92 Å². The van der Waals surface area contributed by atoms with Gasteiger partial charge in [-0.25, -0.2) is 0 Å². The van der Waals surface area contributed by atoms with Crippen LogP contribution in [0.3, 0.4) is 0 Å². The van der Waals surface area contributed by atoms with Gasteiger partial charge < -0.3 is 14.8 Å². The van der Waals surface area contributed by atoms with E-state index in [2.05, 4.69) is 5.32 Å². The predicted molar refractivity (Wildman–Crippen MR) is 102 cm³/mol. The smallest absolute Gasteiger partial charge is 0.220 e. The molecule has 5 heteroatoms. The van der Waals surface area contributed by atoms with E-state index in [9.17, 15) is 9.59 Å². The number of hydrogen-bond donors (Lipinski definition) is 1. The number of carbonyl (C=O) groups is 2. The molecule has 0 bridgehead atoms. The number of rotatable bonds is 17. The highest BCUT2D eigenvalue weighted by Gasteiger charge is 2.06. The number of ketones is 1. The van der Waals surface area contributed by atoms with Crippen molar-refractivity contribution in [3.63, 3.8) is 0 Å². The van der Waals surface area contributed by atoms with Crippen molar-refractivity contribution in [3.8, 4) is 0 Å². The summed E-state index contributed by atoms with van der Waals surface area (Å²) in [6.45, 7) is 10.2. The highest BCUT2D eigenvalue weighted by atomic mass is 16.5. The number of amides is 1. The van der Waals surface area contributed by atoms with Gasteiger partial charge in [0.1, 0.15) is 5.78 Å². The van der Waals surface area contributed by atoms with Gasteiger partial charge in [-0.05, 0) is 26.7 Å². The molecule has 148 valence electrons. The van der Waals surface area contributed by atoms with Crippen LogP contribution in [0.4, 0.5) is 0 Å². The summed E-state index contributed by atoms with van der Waals surface area (Å²) in [5.41, 5.74) is 0. The second-order valence-electron chi connectivity index (χ2n) is 7.12. The highest BCUT2D eigenvalue weighted by molar-refractivity contribution is 5.80. The Balaban J connectivity index is 3.27. The number of Topliss-reactive ketones (excluding diaryl/α,β-unsaturated/α-hetero) is 1. The van der Waals surface area contributed by atoms with Crippen molar-refractivity contribution in [1.29, 1.82) is 0 Å². The summed E-state index contributed by atoms with van der Waals surface area (Å²) >= 11 is 0. The van der Waals surface area contributed by atoms with Crippen LogP contribution in [0.2, 0.25) is 0 Å². The molecule has 0 rings (SSSR count). The Morgan fingerprint density at radius 2 is 1.40 bits per heavy atom. The van der Waals surface area contributed by atoms with Gasteiger partial charge >= 0.3 is 0 Å². The largest absolute Gasteiger partial charge is 0.377 e. The van der Waals surface area contributed by atoms with E-state index < -0.39 is 0 Å². The molecule has 0 fully saturated rings. The Bertz CT molecular complexity index is 343. The van der Waals surface area contributed by atoms with Crippen LogP contribution < -0.4 is 5.32 Å². The van der Waals surface area contributed by atoms with Crippen molar-refractivity contribution in [2.75, 3.05) is 26.4 Å².